The van der Waals surface area contributed by atoms with E-state index in [1.165, 1.54) is 66.8 Å². The number of hydrogen-bond donors (Lipinski definition) is 0. The van der Waals surface area contributed by atoms with Crippen LogP contribution < -0.4 is 9.80 Å². The Morgan fingerprint density at radius 2 is 0.667 bits per heavy atom. The van der Waals surface area contributed by atoms with E-state index in [-0.39, 0.29) is 5.41 Å². The van der Waals surface area contributed by atoms with Gasteiger partial charge in [0.05, 0.1) is 11.1 Å². The summed E-state index contributed by atoms with van der Waals surface area (Å²) in [4.78, 5) is 4.87. The van der Waals surface area contributed by atoms with E-state index < -0.39 is 5.41 Å². The molecule has 0 aromatic heterocycles. The molecule has 0 fully saturated rings. The Balaban J connectivity index is 1.09. The fraction of sp³-hybridized carbons (Fsp3) is 0.0571. The summed E-state index contributed by atoms with van der Waals surface area (Å²) in [5.41, 5.74) is 23.3. The predicted molar refractivity (Wildman–Crippen MR) is 302 cm³/mol. The Kier molecular flexibility index (Phi) is 10.4. The van der Waals surface area contributed by atoms with E-state index in [2.05, 4.69) is 303 Å². The molecule has 0 heterocycles. The molecular formula is C70H52N2. The van der Waals surface area contributed by atoms with Crippen molar-refractivity contribution < 1.29 is 0 Å². The van der Waals surface area contributed by atoms with Crippen LogP contribution in [0.4, 0.5) is 34.1 Å². The highest BCUT2D eigenvalue weighted by atomic mass is 15.2. The Bertz CT molecular complexity index is 3660. The quantitative estimate of drug-likeness (QED) is 0.135. The molecule has 2 nitrogen and oxygen atoms in total. The molecule has 0 saturated heterocycles. The highest BCUT2D eigenvalue weighted by molar-refractivity contribution is 5.98. The zero-order chi connectivity index (χ0) is 48.2. The molecule has 11 aromatic rings. The van der Waals surface area contributed by atoms with Crippen molar-refractivity contribution in [3.8, 4) is 44.5 Å². The second-order valence-corrected chi connectivity index (χ2v) is 19.6. The maximum Gasteiger partial charge on any atom is 0.0714 e. The van der Waals surface area contributed by atoms with E-state index in [0.717, 1.165) is 45.3 Å². The highest BCUT2D eigenvalue weighted by Crippen LogP contribution is 2.59. The Labute approximate surface area is 423 Å². The maximum atomic E-state index is 2.54. The summed E-state index contributed by atoms with van der Waals surface area (Å²) in [6.07, 6.45) is 0. The molecule has 13 rings (SSSR count). The van der Waals surface area contributed by atoms with Gasteiger partial charge in [-0.25, -0.2) is 0 Å². The largest absolute Gasteiger partial charge is 0.311 e. The maximum absolute atomic E-state index is 2.54. The second kappa shape index (κ2) is 17.5. The van der Waals surface area contributed by atoms with Crippen molar-refractivity contribution in [1.82, 2.24) is 0 Å². The van der Waals surface area contributed by atoms with Crippen LogP contribution in [0.5, 0.6) is 0 Å². The second-order valence-electron chi connectivity index (χ2n) is 19.6. The molecule has 11 aromatic carbocycles. The first kappa shape index (κ1) is 43.1. The van der Waals surface area contributed by atoms with E-state index in [1.54, 1.807) is 0 Å². The normalized spacial score (nSPS) is 13.4. The summed E-state index contributed by atoms with van der Waals surface area (Å²) in [7, 11) is 0. The highest BCUT2D eigenvalue weighted by Gasteiger charge is 2.47. The van der Waals surface area contributed by atoms with Gasteiger partial charge >= 0.3 is 0 Å². The molecule has 342 valence electrons. The van der Waals surface area contributed by atoms with Crippen LogP contribution >= 0.6 is 0 Å². The Morgan fingerprint density at radius 1 is 0.250 bits per heavy atom. The summed E-state index contributed by atoms with van der Waals surface area (Å²) in [5, 5.41) is 0. The van der Waals surface area contributed by atoms with Gasteiger partial charge in [0.2, 0.25) is 0 Å². The van der Waals surface area contributed by atoms with Gasteiger partial charge in [0.15, 0.2) is 0 Å². The first-order valence-electron chi connectivity index (χ1n) is 25.1. The topological polar surface area (TPSA) is 6.48 Å². The molecule has 0 radical (unpaired) electrons. The zero-order valence-corrected chi connectivity index (χ0v) is 40.5. The SMILES string of the molecule is CC1(C)c2ccccc2-c2ccc(N(c3ccc(-c4ccccc4)cc3)c3cc4c(cc3-c3ccc(N(c5ccccc5)c5ccccc5)cc3)-c3ccccc3C4(c3ccccc3)c3ccccc3)cc21. The van der Waals surface area contributed by atoms with Crippen molar-refractivity contribution >= 4 is 34.1 Å². The third-order valence-corrected chi connectivity index (χ3v) is 15.3. The van der Waals surface area contributed by atoms with Crippen LogP contribution in [0.2, 0.25) is 0 Å². The molecular weight excluding hydrogens is 869 g/mol. The Hall–Kier alpha value is -8.98. The summed E-state index contributed by atoms with van der Waals surface area (Å²) >= 11 is 0. The molecule has 0 unspecified atom stereocenters. The fourth-order valence-corrected chi connectivity index (χ4v) is 12.0. The molecule has 0 N–H and O–H groups in total. The zero-order valence-electron chi connectivity index (χ0n) is 40.5. The minimum absolute atomic E-state index is 0.192. The molecule has 0 saturated carbocycles. The van der Waals surface area contributed by atoms with Crippen LogP contribution in [0.1, 0.15) is 47.2 Å². The summed E-state index contributed by atoms with van der Waals surface area (Å²) in [6, 6.07) is 103. The first-order valence-corrected chi connectivity index (χ1v) is 25.1. The summed E-state index contributed by atoms with van der Waals surface area (Å²) < 4.78 is 0. The average molecular weight is 921 g/mol. The van der Waals surface area contributed by atoms with Gasteiger partial charge in [-0.2, -0.15) is 0 Å². The molecule has 0 atom stereocenters. The lowest BCUT2D eigenvalue weighted by Gasteiger charge is -2.36. The fourth-order valence-electron chi connectivity index (χ4n) is 12.0. The van der Waals surface area contributed by atoms with Crippen LogP contribution in [0.25, 0.3) is 44.5 Å². The average Bonchev–Trinajstić information content (AvgIpc) is 3.87. The number of anilines is 6. The van der Waals surface area contributed by atoms with Gasteiger partial charge < -0.3 is 9.80 Å². The van der Waals surface area contributed by atoms with E-state index in [1.807, 2.05) is 0 Å². The third-order valence-electron chi connectivity index (χ3n) is 15.3. The standard InChI is InChI=1S/C70H52N2/c1-69(2)64-34-20-18-32-59(64)61-45-44-58(46-66(61)69)72(57-40-36-50(37-41-57)49-22-8-3-9-23-49)68-48-67-63(60-33-19-21-35-65(60)70(67,52-24-10-4-11-25-52)53-26-12-5-13-27-53)47-62(68)51-38-42-56(43-39-51)71(54-28-14-6-15-29-54)55-30-16-7-17-31-55/h3-48H,1-2H3. The smallest absolute Gasteiger partial charge is 0.0714 e. The van der Waals surface area contributed by atoms with Gasteiger partial charge in [-0.15, -0.1) is 0 Å². The first-order chi connectivity index (χ1) is 35.5. The van der Waals surface area contributed by atoms with Crippen LogP contribution in [0, 0.1) is 0 Å². The monoisotopic (exact) mass is 920 g/mol. The van der Waals surface area contributed by atoms with Crippen LogP contribution in [0.15, 0.2) is 279 Å². The molecule has 0 bridgehead atoms. The van der Waals surface area contributed by atoms with Gasteiger partial charge in [0.25, 0.3) is 0 Å². The number of benzene rings is 11. The van der Waals surface area contributed by atoms with Crippen molar-refractivity contribution in [3.63, 3.8) is 0 Å². The van der Waals surface area contributed by atoms with Gasteiger partial charge in [0, 0.05) is 39.4 Å². The molecule has 2 aliphatic rings. The van der Waals surface area contributed by atoms with Gasteiger partial charge in [0.1, 0.15) is 0 Å². The van der Waals surface area contributed by atoms with Crippen LogP contribution in [0.3, 0.4) is 0 Å². The minimum atomic E-state index is -0.595. The van der Waals surface area contributed by atoms with E-state index in [4.69, 9.17) is 0 Å². The molecule has 2 heteroatoms. The molecule has 0 amide bonds. The molecule has 0 aliphatic heterocycles. The van der Waals surface area contributed by atoms with E-state index in [9.17, 15) is 0 Å². The summed E-state index contributed by atoms with van der Waals surface area (Å²) in [6.45, 7) is 4.75. The van der Waals surface area contributed by atoms with Gasteiger partial charge in [-0.3, -0.25) is 0 Å². The van der Waals surface area contributed by atoms with E-state index >= 15 is 0 Å². The molecule has 0 spiro atoms. The van der Waals surface area contributed by atoms with Gasteiger partial charge in [-0.1, -0.05) is 220 Å². The van der Waals surface area contributed by atoms with Crippen molar-refractivity contribution in [2.75, 3.05) is 9.80 Å². The number of nitrogens with zero attached hydrogens (tertiary/aromatic N) is 2. The molecule has 2 aliphatic carbocycles. The molecule has 72 heavy (non-hydrogen) atoms. The van der Waals surface area contributed by atoms with Crippen molar-refractivity contribution in [1.29, 1.82) is 0 Å². The number of rotatable bonds is 10. The van der Waals surface area contributed by atoms with Crippen LogP contribution in [-0.4, -0.2) is 0 Å². The van der Waals surface area contributed by atoms with Gasteiger partial charge in [-0.05, 0) is 145 Å². The number of para-hydroxylation sites is 2. The minimum Gasteiger partial charge on any atom is -0.311 e. The lowest BCUT2D eigenvalue weighted by Crippen LogP contribution is -2.28. The predicted octanol–water partition coefficient (Wildman–Crippen LogP) is 18.6. The van der Waals surface area contributed by atoms with Crippen molar-refractivity contribution in [2.24, 2.45) is 0 Å². The summed E-state index contributed by atoms with van der Waals surface area (Å²) in [5.74, 6) is 0. The number of hydrogen-bond acceptors (Lipinski definition) is 2. The van der Waals surface area contributed by atoms with Crippen molar-refractivity contribution in [2.45, 2.75) is 24.7 Å². The number of fused-ring (bicyclic) bond motifs is 6. The van der Waals surface area contributed by atoms with Crippen LogP contribution in [-0.2, 0) is 10.8 Å². The lowest BCUT2D eigenvalue weighted by molar-refractivity contribution is 0.660. The van der Waals surface area contributed by atoms with Crippen molar-refractivity contribution in [3.05, 3.63) is 312 Å². The lowest BCUT2D eigenvalue weighted by atomic mass is 9.67. The third kappa shape index (κ3) is 6.94. The Morgan fingerprint density at radius 3 is 1.25 bits per heavy atom. The van der Waals surface area contributed by atoms with E-state index in [0.29, 0.717) is 0 Å².